The van der Waals surface area contributed by atoms with E-state index in [1.165, 1.54) is 24.6 Å². The Morgan fingerprint density at radius 3 is 2.49 bits per heavy atom. The number of carbonyl (C=O) groups is 2. The summed E-state index contributed by atoms with van der Waals surface area (Å²) in [6.45, 7) is 3.95. The summed E-state index contributed by atoms with van der Waals surface area (Å²) in [5.74, 6) is 0.531. The summed E-state index contributed by atoms with van der Waals surface area (Å²) in [6, 6.07) is 15.9. The van der Waals surface area contributed by atoms with E-state index in [0.29, 0.717) is 28.4 Å². The molecule has 8 nitrogen and oxygen atoms in total. The van der Waals surface area contributed by atoms with E-state index >= 15 is 0 Å². The first-order valence-electron chi connectivity index (χ1n) is 10.9. The fraction of sp³-hybridized carbons (Fsp3) is 0.154. The Hall–Kier alpha value is -4.24. The van der Waals surface area contributed by atoms with Crippen molar-refractivity contribution in [3.63, 3.8) is 0 Å². The van der Waals surface area contributed by atoms with Crippen molar-refractivity contribution in [1.29, 1.82) is 0 Å². The van der Waals surface area contributed by atoms with Gasteiger partial charge in [-0.25, -0.2) is 4.98 Å². The lowest BCUT2D eigenvalue weighted by atomic mass is 10.2. The first-order chi connectivity index (χ1) is 16.9. The molecule has 2 heterocycles. The number of ether oxygens (including phenoxy) is 2. The highest BCUT2D eigenvalue weighted by Gasteiger charge is 2.15. The zero-order valence-electron chi connectivity index (χ0n) is 19.4. The van der Waals surface area contributed by atoms with Gasteiger partial charge >= 0.3 is 0 Å². The minimum absolute atomic E-state index is 0.0983. The maximum absolute atomic E-state index is 12.8. The topological polar surface area (TPSA) is 102 Å². The van der Waals surface area contributed by atoms with Gasteiger partial charge in [0, 0.05) is 35.1 Å². The van der Waals surface area contributed by atoms with Crippen molar-refractivity contribution in [2.45, 2.75) is 20.0 Å². The van der Waals surface area contributed by atoms with Crippen molar-refractivity contribution in [1.82, 2.24) is 9.97 Å². The minimum Gasteiger partial charge on any atom is -0.494 e. The molecular formula is C26H24N4O4S. The maximum Gasteiger partial charge on any atom is 0.275 e. The molecule has 4 aromatic rings. The molecule has 0 aliphatic carbocycles. The van der Waals surface area contributed by atoms with Gasteiger partial charge in [0.15, 0.2) is 0 Å². The van der Waals surface area contributed by atoms with Crippen LogP contribution in [-0.4, -0.2) is 35.0 Å². The Kier molecular flexibility index (Phi) is 7.37. The summed E-state index contributed by atoms with van der Waals surface area (Å²) in [7, 11) is 1.49. The van der Waals surface area contributed by atoms with Gasteiger partial charge in [-0.2, -0.15) is 0 Å². The van der Waals surface area contributed by atoms with E-state index in [0.717, 1.165) is 16.3 Å². The van der Waals surface area contributed by atoms with E-state index in [9.17, 15) is 9.59 Å². The molecule has 2 aromatic heterocycles. The van der Waals surface area contributed by atoms with Gasteiger partial charge in [-0.05, 0) is 62.4 Å². The molecule has 0 fully saturated rings. The number of thiazole rings is 1. The number of benzene rings is 2. The van der Waals surface area contributed by atoms with Gasteiger partial charge in [0.25, 0.3) is 11.8 Å². The Morgan fingerprint density at radius 2 is 1.80 bits per heavy atom. The van der Waals surface area contributed by atoms with Gasteiger partial charge in [0.2, 0.25) is 0 Å². The molecule has 2 aromatic carbocycles. The standard InChI is InChI=1S/C26H24N4O4S/c1-16(2)34-20-9-6-17(7-10-20)26-30-22(15-35-26)25(32)28-19-8-11-21(23(13-19)33-3)29-24(31)18-5-4-12-27-14-18/h4-16H,1-3H3,(H,28,32)(H,29,31). The van der Waals surface area contributed by atoms with Gasteiger partial charge in [-0.3, -0.25) is 14.6 Å². The van der Waals surface area contributed by atoms with Crippen molar-refractivity contribution in [3.8, 4) is 22.1 Å². The summed E-state index contributed by atoms with van der Waals surface area (Å²) < 4.78 is 11.1. The molecule has 0 aliphatic heterocycles. The fourth-order valence-electron chi connectivity index (χ4n) is 3.22. The van der Waals surface area contributed by atoms with Crippen molar-refractivity contribution >= 4 is 34.5 Å². The van der Waals surface area contributed by atoms with Crippen LogP contribution >= 0.6 is 11.3 Å². The third kappa shape index (κ3) is 6.01. The number of anilines is 2. The van der Waals surface area contributed by atoms with Crippen molar-refractivity contribution in [3.05, 3.63) is 83.6 Å². The quantitative estimate of drug-likeness (QED) is 0.339. The molecule has 0 atom stereocenters. The lowest BCUT2D eigenvalue weighted by Gasteiger charge is -2.12. The monoisotopic (exact) mass is 488 g/mol. The molecule has 9 heteroatoms. The van der Waals surface area contributed by atoms with Crippen LogP contribution in [0.3, 0.4) is 0 Å². The second-order valence-corrected chi connectivity index (χ2v) is 8.65. The molecule has 2 amide bonds. The van der Waals surface area contributed by atoms with E-state index in [1.54, 1.807) is 41.9 Å². The molecule has 0 aliphatic rings. The maximum atomic E-state index is 12.8. The zero-order chi connectivity index (χ0) is 24.8. The van der Waals surface area contributed by atoms with E-state index in [4.69, 9.17) is 9.47 Å². The highest BCUT2D eigenvalue weighted by Crippen LogP contribution is 2.30. The summed E-state index contributed by atoms with van der Waals surface area (Å²) in [4.78, 5) is 33.6. The predicted molar refractivity (Wildman–Crippen MR) is 136 cm³/mol. The highest BCUT2D eigenvalue weighted by molar-refractivity contribution is 7.13. The molecule has 0 saturated heterocycles. The SMILES string of the molecule is COc1cc(NC(=O)c2csc(-c3ccc(OC(C)C)cc3)n2)ccc1NC(=O)c1cccnc1. The number of aromatic nitrogens is 2. The first-order valence-corrected chi connectivity index (χ1v) is 11.7. The number of carbonyl (C=O) groups excluding carboxylic acids is 2. The largest absolute Gasteiger partial charge is 0.494 e. The Labute approximate surface area is 207 Å². The molecule has 4 rings (SSSR count). The zero-order valence-corrected chi connectivity index (χ0v) is 20.3. The van der Waals surface area contributed by atoms with Crippen LogP contribution in [0, 0.1) is 0 Å². The number of amides is 2. The van der Waals surface area contributed by atoms with E-state index < -0.39 is 0 Å². The van der Waals surface area contributed by atoms with E-state index in [-0.39, 0.29) is 17.9 Å². The molecule has 0 bridgehead atoms. The van der Waals surface area contributed by atoms with Crippen LogP contribution in [0.15, 0.2) is 72.4 Å². The molecule has 2 N–H and O–H groups in total. The normalized spacial score (nSPS) is 10.6. The van der Waals surface area contributed by atoms with Crippen LogP contribution < -0.4 is 20.1 Å². The summed E-state index contributed by atoms with van der Waals surface area (Å²) in [6.07, 6.45) is 3.17. The van der Waals surface area contributed by atoms with Crippen molar-refractivity contribution in [2.75, 3.05) is 17.7 Å². The molecule has 0 unspecified atom stereocenters. The summed E-state index contributed by atoms with van der Waals surface area (Å²) in [5, 5.41) is 8.06. The fourth-order valence-corrected chi connectivity index (χ4v) is 4.02. The first kappa shape index (κ1) is 23.9. The van der Waals surface area contributed by atoms with E-state index in [2.05, 4.69) is 20.6 Å². The van der Waals surface area contributed by atoms with Gasteiger partial charge < -0.3 is 20.1 Å². The number of rotatable bonds is 8. The molecule has 0 saturated carbocycles. The lowest BCUT2D eigenvalue weighted by molar-refractivity contribution is 0.101. The predicted octanol–water partition coefficient (Wildman–Crippen LogP) is 5.51. The van der Waals surface area contributed by atoms with Gasteiger partial charge in [-0.15, -0.1) is 11.3 Å². The molecule has 178 valence electrons. The molecular weight excluding hydrogens is 464 g/mol. The van der Waals surface area contributed by atoms with Crippen LogP contribution in [0.4, 0.5) is 11.4 Å². The number of methoxy groups -OCH3 is 1. The average molecular weight is 489 g/mol. The van der Waals surface area contributed by atoms with Crippen molar-refractivity contribution in [2.24, 2.45) is 0 Å². The average Bonchev–Trinajstić information content (AvgIpc) is 3.36. The van der Waals surface area contributed by atoms with Crippen LogP contribution in [0.2, 0.25) is 0 Å². The Morgan fingerprint density at radius 1 is 1.00 bits per heavy atom. The van der Waals surface area contributed by atoms with Gasteiger partial charge in [0.1, 0.15) is 22.2 Å². The molecule has 35 heavy (non-hydrogen) atoms. The van der Waals surface area contributed by atoms with Gasteiger partial charge in [0.05, 0.1) is 24.5 Å². The minimum atomic E-state index is -0.346. The van der Waals surface area contributed by atoms with Crippen LogP contribution in [-0.2, 0) is 0 Å². The number of hydrogen-bond acceptors (Lipinski definition) is 7. The molecule has 0 spiro atoms. The van der Waals surface area contributed by atoms with Gasteiger partial charge in [-0.1, -0.05) is 0 Å². The number of nitrogens with one attached hydrogen (secondary N) is 2. The molecule has 0 radical (unpaired) electrons. The third-order valence-corrected chi connectivity index (χ3v) is 5.73. The second-order valence-electron chi connectivity index (χ2n) is 7.79. The number of nitrogens with zero attached hydrogens (tertiary/aromatic N) is 2. The summed E-state index contributed by atoms with van der Waals surface area (Å²) >= 11 is 1.39. The van der Waals surface area contributed by atoms with Crippen LogP contribution in [0.5, 0.6) is 11.5 Å². The van der Waals surface area contributed by atoms with E-state index in [1.807, 2.05) is 38.1 Å². The highest BCUT2D eigenvalue weighted by atomic mass is 32.1. The smallest absolute Gasteiger partial charge is 0.275 e. The Bertz CT molecular complexity index is 1320. The number of hydrogen-bond donors (Lipinski definition) is 2. The van der Waals surface area contributed by atoms with Crippen molar-refractivity contribution < 1.29 is 19.1 Å². The van der Waals surface area contributed by atoms with Crippen LogP contribution in [0.1, 0.15) is 34.7 Å². The lowest BCUT2D eigenvalue weighted by Crippen LogP contribution is -2.14. The second kappa shape index (κ2) is 10.8. The van der Waals surface area contributed by atoms with Crippen LogP contribution in [0.25, 0.3) is 10.6 Å². The third-order valence-electron chi connectivity index (χ3n) is 4.84. The summed E-state index contributed by atoms with van der Waals surface area (Å²) in [5.41, 5.74) is 2.62. The Balaban J connectivity index is 1.43. The number of pyridine rings is 1.